The Morgan fingerprint density at radius 2 is 2.19 bits per heavy atom. The molecule has 1 fully saturated rings. The highest BCUT2D eigenvalue weighted by molar-refractivity contribution is 7.18. The van der Waals surface area contributed by atoms with Crippen LogP contribution in [0.5, 0.6) is 0 Å². The molecule has 0 spiro atoms. The van der Waals surface area contributed by atoms with E-state index in [0.717, 1.165) is 39.3 Å². The number of carbonyl (C=O) groups is 1. The van der Waals surface area contributed by atoms with Crippen molar-refractivity contribution in [3.8, 4) is 0 Å². The predicted molar refractivity (Wildman–Crippen MR) is 108 cm³/mol. The van der Waals surface area contributed by atoms with Crippen molar-refractivity contribution in [2.75, 3.05) is 20.2 Å². The van der Waals surface area contributed by atoms with Crippen LogP contribution < -0.4 is 5.32 Å². The summed E-state index contributed by atoms with van der Waals surface area (Å²) in [5.74, 6) is 0.103. The number of aromatic nitrogens is 2. The summed E-state index contributed by atoms with van der Waals surface area (Å²) in [7, 11) is 1.93. The van der Waals surface area contributed by atoms with Gasteiger partial charge in [0.1, 0.15) is 4.88 Å². The maximum absolute atomic E-state index is 13.0. The number of nitrogens with one attached hydrogen (secondary N) is 1. The average Bonchev–Trinajstić information content (AvgIpc) is 3.26. The van der Waals surface area contributed by atoms with Crippen molar-refractivity contribution in [2.24, 2.45) is 0 Å². The van der Waals surface area contributed by atoms with E-state index >= 15 is 0 Å². The van der Waals surface area contributed by atoms with Gasteiger partial charge in [0.05, 0.1) is 17.6 Å². The normalized spacial score (nSPS) is 15.6. The van der Waals surface area contributed by atoms with E-state index in [1.54, 1.807) is 0 Å². The van der Waals surface area contributed by atoms with Gasteiger partial charge in [-0.15, -0.1) is 0 Å². The Morgan fingerprint density at radius 1 is 1.37 bits per heavy atom. The highest BCUT2D eigenvalue weighted by atomic mass is 32.1. The largest absolute Gasteiger partial charge is 0.395 e. The quantitative estimate of drug-likeness (QED) is 0.639. The number of aliphatic hydroxyl groups is 1. The van der Waals surface area contributed by atoms with Crippen molar-refractivity contribution in [2.45, 2.75) is 44.7 Å². The summed E-state index contributed by atoms with van der Waals surface area (Å²) in [4.78, 5) is 21.2. The molecule has 0 saturated heterocycles. The highest BCUT2D eigenvalue weighted by Crippen LogP contribution is 2.28. The van der Waals surface area contributed by atoms with E-state index in [-0.39, 0.29) is 12.5 Å². The third-order valence-corrected chi connectivity index (χ3v) is 6.41. The first kappa shape index (κ1) is 18.4. The molecule has 7 heteroatoms. The summed E-state index contributed by atoms with van der Waals surface area (Å²) in [6.07, 6.45) is 7.87. The van der Waals surface area contributed by atoms with Crippen molar-refractivity contribution in [3.05, 3.63) is 34.8 Å². The number of carbonyl (C=O) groups excluding carboxylic acids is 1. The molecule has 0 unspecified atom stereocenters. The summed E-state index contributed by atoms with van der Waals surface area (Å²) in [5, 5.41) is 12.1. The first-order valence-electron chi connectivity index (χ1n) is 9.66. The van der Waals surface area contributed by atoms with Crippen molar-refractivity contribution >= 4 is 33.2 Å². The van der Waals surface area contributed by atoms with Crippen LogP contribution in [0, 0.1) is 0 Å². The number of hydrogen-bond donors (Lipinski definition) is 2. The second-order valence-corrected chi connectivity index (χ2v) is 8.30. The monoisotopic (exact) mass is 386 g/mol. The fourth-order valence-corrected chi connectivity index (χ4v) is 4.86. The first-order valence-corrected chi connectivity index (χ1v) is 10.5. The fourth-order valence-electron chi connectivity index (χ4n) is 3.88. The van der Waals surface area contributed by atoms with E-state index in [0.29, 0.717) is 19.1 Å². The van der Waals surface area contributed by atoms with Crippen LogP contribution in [-0.2, 0) is 6.54 Å². The molecular formula is C20H26N4O2S. The average molecular weight is 387 g/mol. The molecule has 0 bridgehead atoms. The second-order valence-electron chi connectivity index (χ2n) is 7.29. The molecule has 1 saturated carbocycles. The van der Waals surface area contributed by atoms with Gasteiger partial charge in [0, 0.05) is 32.4 Å². The maximum Gasteiger partial charge on any atom is 0.265 e. The molecule has 6 nitrogen and oxygen atoms in total. The summed E-state index contributed by atoms with van der Waals surface area (Å²) < 4.78 is 2.03. The molecule has 144 valence electrons. The number of rotatable bonds is 6. The summed E-state index contributed by atoms with van der Waals surface area (Å²) >= 11 is 1.46. The highest BCUT2D eigenvalue weighted by Gasteiger charge is 2.25. The molecule has 27 heavy (non-hydrogen) atoms. The smallest absolute Gasteiger partial charge is 0.265 e. The van der Waals surface area contributed by atoms with Gasteiger partial charge in [-0.25, -0.2) is 4.98 Å². The van der Waals surface area contributed by atoms with Gasteiger partial charge in [-0.3, -0.25) is 9.20 Å². The molecule has 1 aliphatic rings. The van der Waals surface area contributed by atoms with E-state index in [1.165, 1.54) is 30.6 Å². The number of nitrogens with zero attached hydrogens (tertiary/aromatic N) is 3. The van der Waals surface area contributed by atoms with Gasteiger partial charge in [-0.2, -0.15) is 0 Å². The van der Waals surface area contributed by atoms with Gasteiger partial charge in [-0.1, -0.05) is 36.7 Å². The lowest BCUT2D eigenvalue weighted by atomic mass is 9.94. The first-order chi connectivity index (χ1) is 13.2. The van der Waals surface area contributed by atoms with Crippen LogP contribution in [0.4, 0.5) is 0 Å². The standard InChI is InChI=1S/C20H26N4O2S/c1-23(15-5-3-2-4-6-15)19(26)18-13-24-17-11-14(12-21-9-10-25)7-8-16(17)22-20(24)27-18/h7-8,11,13,15,21,25H,2-6,9-10,12H2,1H3. The van der Waals surface area contributed by atoms with E-state index < -0.39 is 0 Å². The SMILES string of the molecule is CN(C(=O)c1cn2c(nc3ccc(CNCCO)cc32)s1)C1CCCCC1. The third-order valence-electron chi connectivity index (χ3n) is 5.44. The van der Waals surface area contributed by atoms with Crippen LogP contribution in [0.25, 0.3) is 16.0 Å². The fraction of sp³-hybridized carbons (Fsp3) is 0.500. The molecule has 1 aliphatic carbocycles. The van der Waals surface area contributed by atoms with Crippen molar-refractivity contribution in [1.29, 1.82) is 0 Å². The molecule has 2 N–H and O–H groups in total. The van der Waals surface area contributed by atoms with E-state index in [4.69, 9.17) is 5.11 Å². The molecule has 1 aromatic carbocycles. The summed E-state index contributed by atoms with van der Waals surface area (Å²) in [5.41, 5.74) is 3.09. The number of amides is 1. The van der Waals surface area contributed by atoms with Gasteiger partial charge in [0.25, 0.3) is 5.91 Å². The van der Waals surface area contributed by atoms with E-state index in [2.05, 4.69) is 16.4 Å². The Labute approximate surface area is 162 Å². The zero-order valence-corrected chi connectivity index (χ0v) is 16.5. The lowest BCUT2D eigenvalue weighted by Gasteiger charge is -2.30. The zero-order chi connectivity index (χ0) is 18.8. The Hall–Kier alpha value is -1.96. The molecule has 2 heterocycles. The molecule has 4 rings (SSSR count). The Balaban J connectivity index is 1.59. The molecule has 3 aromatic rings. The van der Waals surface area contributed by atoms with Crippen LogP contribution in [0.1, 0.15) is 47.3 Å². The lowest BCUT2D eigenvalue weighted by molar-refractivity contribution is 0.0701. The summed E-state index contributed by atoms with van der Waals surface area (Å²) in [6, 6.07) is 6.53. The van der Waals surface area contributed by atoms with Crippen LogP contribution in [-0.4, -0.2) is 51.5 Å². The number of benzene rings is 1. The van der Waals surface area contributed by atoms with Crippen LogP contribution in [0.15, 0.2) is 24.4 Å². The molecule has 0 aliphatic heterocycles. The van der Waals surface area contributed by atoms with Crippen LogP contribution in [0.3, 0.4) is 0 Å². The van der Waals surface area contributed by atoms with Gasteiger partial charge in [-0.05, 0) is 30.5 Å². The Morgan fingerprint density at radius 3 is 2.96 bits per heavy atom. The lowest BCUT2D eigenvalue weighted by Crippen LogP contribution is -2.37. The van der Waals surface area contributed by atoms with Crippen molar-refractivity contribution in [3.63, 3.8) is 0 Å². The number of thiazole rings is 1. The number of hydrogen-bond acceptors (Lipinski definition) is 5. The molecule has 0 radical (unpaired) electrons. The number of imidazole rings is 1. The van der Waals surface area contributed by atoms with E-state index in [9.17, 15) is 4.79 Å². The van der Waals surface area contributed by atoms with Crippen molar-refractivity contribution in [1.82, 2.24) is 19.6 Å². The Bertz CT molecular complexity index is 942. The third kappa shape index (κ3) is 3.72. The minimum atomic E-state index is 0.103. The molecule has 0 atom stereocenters. The van der Waals surface area contributed by atoms with Crippen molar-refractivity contribution < 1.29 is 9.90 Å². The molecular weight excluding hydrogens is 360 g/mol. The van der Waals surface area contributed by atoms with Gasteiger partial charge in [0.15, 0.2) is 4.96 Å². The van der Waals surface area contributed by atoms with Gasteiger partial charge < -0.3 is 15.3 Å². The molecule has 1 amide bonds. The number of fused-ring (bicyclic) bond motifs is 3. The second kappa shape index (κ2) is 7.96. The van der Waals surface area contributed by atoms with Crippen LogP contribution in [0.2, 0.25) is 0 Å². The van der Waals surface area contributed by atoms with E-state index in [1.807, 2.05) is 34.7 Å². The van der Waals surface area contributed by atoms with Crippen LogP contribution >= 0.6 is 11.3 Å². The zero-order valence-electron chi connectivity index (χ0n) is 15.6. The minimum absolute atomic E-state index is 0.103. The Kier molecular flexibility index (Phi) is 5.43. The summed E-state index contributed by atoms with van der Waals surface area (Å²) in [6.45, 7) is 1.40. The molecule has 2 aromatic heterocycles. The van der Waals surface area contributed by atoms with Gasteiger partial charge in [0.2, 0.25) is 0 Å². The maximum atomic E-state index is 13.0. The van der Waals surface area contributed by atoms with Gasteiger partial charge >= 0.3 is 0 Å². The predicted octanol–water partition coefficient (Wildman–Crippen LogP) is 3.04. The topological polar surface area (TPSA) is 69.9 Å². The minimum Gasteiger partial charge on any atom is -0.395 e. The number of aliphatic hydroxyl groups excluding tert-OH is 1.